The maximum absolute atomic E-state index is 12.5. The molecule has 0 bridgehead atoms. The zero-order chi connectivity index (χ0) is 16.0. The Hall–Kier alpha value is -0.990. The van der Waals surface area contributed by atoms with Crippen molar-refractivity contribution in [3.05, 3.63) is 35.4 Å². The van der Waals surface area contributed by atoms with Crippen molar-refractivity contribution in [3.8, 4) is 0 Å². The summed E-state index contributed by atoms with van der Waals surface area (Å²) in [7, 11) is 1.68. The number of hydrogen-bond donors (Lipinski definition) is 2. The molecule has 0 saturated heterocycles. The van der Waals surface area contributed by atoms with E-state index in [1.807, 2.05) is 0 Å². The van der Waals surface area contributed by atoms with E-state index in [2.05, 4.69) is 15.6 Å². The Morgan fingerprint density at radius 3 is 2.35 bits per heavy atom. The summed E-state index contributed by atoms with van der Waals surface area (Å²) in [6.07, 6.45) is 0.807. The molecule has 0 heterocycles. The second-order valence-electron chi connectivity index (χ2n) is 5.63. The first kappa shape index (κ1) is 20.1. The van der Waals surface area contributed by atoms with Crippen LogP contribution in [0.5, 0.6) is 0 Å². The minimum absolute atomic E-state index is 0. The molecule has 0 unspecified atom stereocenters. The Labute approximate surface area is 152 Å². The summed E-state index contributed by atoms with van der Waals surface area (Å²) in [5, 5.41) is 6.32. The van der Waals surface area contributed by atoms with E-state index in [4.69, 9.17) is 0 Å². The highest BCUT2D eigenvalue weighted by Crippen LogP contribution is 2.33. The van der Waals surface area contributed by atoms with E-state index in [0.717, 1.165) is 36.6 Å². The molecule has 23 heavy (non-hydrogen) atoms. The van der Waals surface area contributed by atoms with Crippen LogP contribution in [0.1, 0.15) is 36.8 Å². The Kier molecular flexibility index (Phi) is 8.15. The zero-order valence-corrected chi connectivity index (χ0v) is 15.4. The SMILES string of the molecule is CN=C(NCCCC1CC1)NCc1ccc(C(F)(F)F)cc1.I. The number of hydrogen-bond acceptors (Lipinski definition) is 1. The lowest BCUT2D eigenvalue weighted by Gasteiger charge is -2.12. The van der Waals surface area contributed by atoms with E-state index in [1.54, 1.807) is 7.05 Å². The Balaban J connectivity index is 0.00000264. The predicted molar refractivity (Wildman–Crippen MR) is 97.0 cm³/mol. The first-order valence-corrected chi connectivity index (χ1v) is 7.59. The molecule has 1 fully saturated rings. The van der Waals surface area contributed by atoms with Gasteiger partial charge in [-0.15, -0.1) is 24.0 Å². The van der Waals surface area contributed by atoms with Crippen molar-refractivity contribution in [1.82, 2.24) is 10.6 Å². The van der Waals surface area contributed by atoms with E-state index in [0.29, 0.717) is 12.5 Å². The number of nitrogens with zero attached hydrogens (tertiary/aromatic N) is 1. The minimum atomic E-state index is -4.29. The Morgan fingerprint density at radius 1 is 1.17 bits per heavy atom. The van der Waals surface area contributed by atoms with Gasteiger partial charge in [-0.2, -0.15) is 13.2 Å². The summed E-state index contributed by atoms with van der Waals surface area (Å²) in [5.41, 5.74) is 0.160. The van der Waals surface area contributed by atoms with Gasteiger partial charge in [-0.1, -0.05) is 25.0 Å². The fourth-order valence-electron chi connectivity index (χ4n) is 2.22. The van der Waals surface area contributed by atoms with E-state index >= 15 is 0 Å². The third kappa shape index (κ3) is 7.41. The summed E-state index contributed by atoms with van der Waals surface area (Å²) < 4.78 is 37.4. The van der Waals surface area contributed by atoms with Gasteiger partial charge in [0.15, 0.2) is 5.96 Å². The number of benzene rings is 1. The van der Waals surface area contributed by atoms with Crippen LogP contribution in [0, 0.1) is 5.92 Å². The average molecular weight is 441 g/mol. The van der Waals surface area contributed by atoms with E-state index < -0.39 is 11.7 Å². The van der Waals surface area contributed by atoms with Gasteiger partial charge >= 0.3 is 6.18 Å². The molecule has 3 nitrogen and oxygen atoms in total. The Morgan fingerprint density at radius 2 is 1.83 bits per heavy atom. The molecule has 1 aromatic rings. The largest absolute Gasteiger partial charge is 0.416 e. The lowest BCUT2D eigenvalue weighted by molar-refractivity contribution is -0.137. The molecule has 2 N–H and O–H groups in total. The van der Waals surface area contributed by atoms with Gasteiger partial charge in [-0.3, -0.25) is 4.99 Å². The lowest BCUT2D eigenvalue weighted by atomic mass is 10.1. The van der Waals surface area contributed by atoms with E-state index in [9.17, 15) is 13.2 Å². The monoisotopic (exact) mass is 441 g/mol. The van der Waals surface area contributed by atoms with Gasteiger partial charge in [0, 0.05) is 20.1 Å². The first-order valence-electron chi connectivity index (χ1n) is 7.59. The van der Waals surface area contributed by atoms with Crippen LogP contribution in [0.15, 0.2) is 29.3 Å². The predicted octanol–water partition coefficient (Wildman–Crippen LogP) is 4.18. The third-order valence-corrected chi connectivity index (χ3v) is 3.74. The molecular weight excluding hydrogens is 418 g/mol. The number of halogens is 4. The van der Waals surface area contributed by atoms with Crippen molar-refractivity contribution >= 4 is 29.9 Å². The molecule has 0 aliphatic heterocycles. The summed E-state index contributed by atoms with van der Waals surface area (Å²) in [6.45, 7) is 1.31. The number of rotatable bonds is 6. The van der Waals surface area contributed by atoms with Crippen LogP contribution in [0.2, 0.25) is 0 Å². The molecule has 2 rings (SSSR count). The van der Waals surface area contributed by atoms with Crippen LogP contribution < -0.4 is 10.6 Å². The van der Waals surface area contributed by atoms with Gasteiger partial charge < -0.3 is 10.6 Å². The molecule has 1 aromatic carbocycles. The van der Waals surface area contributed by atoms with Gasteiger partial charge in [0.05, 0.1) is 5.56 Å². The number of guanidine groups is 1. The molecule has 1 saturated carbocycles. The van der Waals surface area contributed by atoms with Crippen molar-refractivity contribution < 1.29 is 13.2 Å². The fourth-order valence-corrected chi connectivity index (χ4v) is 2.22. The van der Waals surface area contributed by atoms with Crippen LogP contribution in [0.4, 0.5) is 13.2 Å². The van der Waals surface area contributed by atoms with Crippen LogP contribution in [-0.2, 0) is 12.7 Å². The topological polar surface area (TPSA) is 36.4 Å². The van der Waals surface area contributed by atoms with E-state index in [-0.39, 0.29) is 24.0 Å². The fraction of sp³-hybridized carbons (Fsp3) is 0.562. The first-order chi connectivity index (χ1) is 10.5. The van der Waals surface area contributed by atoms with Crippen molar-refractivity contribution in [2.45, 2.75) is 38.4 Å². The molecule has 1 aliphatic rings. The highest BCUT2D eigenvalue weighted by molar-refractivity contribution is 14.0. The van der Waals surface area contributed by atoms with Crippen LogP contribution in [-0.4, -0.2) is 19.6 Å². The highest BCUT2D eigenvalue weighted by atomic mass is 127. The second-order valence-corrected chi connectivity index (χ2v) is 5.63. The molecule has 1 aliphatic carbocycles. The standard InChI is InChI=1S/C16H22F3N3.HI/c1-20-15(21-10-2-3-12-4-5-12)22-11-13-6-8-14(9-7-13)16(17,18)19;/h6-9,12H,2-5,10-11H2,1H3,(H2,20,21,22);1H. The van der Waals surface area contributed by atoms with Gasteiger partial charge in [-0.05, 0) is 36.5 Å². The summed E-state index contributed by atoms with van der Waals surface area (Å²) in [5.74, 6) is 1.60. The number of nitrogens with one attached hydrogen (secondary N) is 2. The molecule has 0 spiro atoms. The zero-order valence-electron chi connectivity index (χ0n) is 13.1. The van der Waals surface area contributed by atoms with Crippen LogP contribution in [0.25, 0.3) is 0 Å². The van der Waals surface area contributed by atoms with Gasteiger partial charge in [0.1, 0.15) is 0 Å². The number of aliphatic imine (C=N–C) groups is 1. The van der Waals surface area contributed by atoms with Crippen LogP contribution in [0.3, 0.4) is 0 Å². The van der Waals surface area contributed by atoms with Crippen molar-refractivity contribution in [2.24, 2.45) is 10.9 Å². The highest BCUT2D eigenvalue weighted by Gasteiger charge is 2.29. The maximum Gasteiger partial charge on any atom is 0.416 e. The lowest BCUT2D eigenvalue weighted by Crippen LogP contribution is -2.37. The molecule has 0 atom stereocenters. The van der Waals surface area contributed by atoms with Gasteiger partial charge in [-0.25, -0.2) is 0 Å². The van der Waals surface area contributed by atoms with Gasteiger partial charge in [0.25, 0.3) is 0 Å². The molecule has 0 aromatic heterocycles. The summed E-state index contributed by atoms with van der Waals surface area (Å²) in [4.78, 5) is 4.11. The quantitative estimate of drug-likeness (QED) is 0.301. The summed E-state index contributed by atoms with van der Waals surface area (Å²) in [6, 6.07) is 5.16. The van der Waals surface area contributed by atoms with Crippen molar-refractivity contribution in [2.75, 3.05) is 13.6 Å². The molecule has 0 radical (unpaired) electrons. The molecule has 0 amide bonds. The normalized spacial score (nSPS) is 15.0. The molecule has 7 heteroatoms. The number of alkyl halides is 3. The van der Waals surface area contributed by atoms with E-state index in [1.165, 1.54) is 31.4 Å². The minimum Gasteiger partial charge on any atom is -0.356 e. The molecular formula is C16H23F3IN3. The third-order valence-electron chi connectivity index (χ3n) is 3.74. The maximum atomic E-state index is 12.5. The van der Waals surface area contributed by atoms with Crippen LogP contribution >= 0.6 is 24.0 Å². The van der Waals surface area contributed by atoms with Crippen molar-refractivity contribution in [3.63, 3.8) is 0 Å². The smallest absolute Gasteiger partial charge is 0.356 e. The summed E-state index contributed by atoms with van der Waals surface area (Å²) >= 11 is 0. The Bertz CT molecular complexity index is 496. The molecule has 130 valence electrons. The van der Waals surface area contributed by atoms with Gasteiger partial charge in [0.2, 0.25) is 0 Å². The van der Waals surface area contributed by atoms with Crippen molar-refractivity contribution in [1.29, 1.82) is 0 Å². The second kappa shape index (κ2) is 9.34. The average Bonchev–Trinajstić information content (AvgIpc) is 3.30.